The number of amides is 3. The molecule has 0 saturated carbocycles. The monoisotopic (exact) mass is 557 g/mol. The molecule has 2 aliphatic heterocycles. The third-order valence-corrected chi connectivity index (χ3v) is 7.93. The number of anilines is 3. The molecular weight excluding hydrogens is 518 g/mol. The van der Waals surface area contributed by atoms with Crippen LogP contribution in [0.1, 0.15) is 57.1 Å². The number of furan rings is 1. The molecular formula is C32H39N5O4. The van der Waals surface area contributed by atoms with Crippen LogP contribution < -0.4 is 20.4 Å². The van der Waals surface area contributed by atoms with Crippen LogP contribution in [0, 0.1) is 20.8 Å². The van der Waals surface area contributed by atoms with Gasteiger partial charge in [0, 0.05) is 63.5 Å². The maximum Gasteiger partial charge on any atom is 0.259 e. The predicted molar refractivity (Wildman–Crippen MR) is 161 cm³/mol. The van der Waals surface area contributed by atoms with Crippen molar-refractivity contribution in [2.24, 2.45) is 0 Å². The highest BCUT2D eigenvalue weighted by Crippen LogP contribution is 2.31. The second-order valence-corrected chi connectivity index (χ2v) is 10.9. The largest absolute Gasteiger partial charge is 0.466 e. The van der Waals surface area contributed by atoms with E-state index in [1.807, 2.05) is 24.0 Å². The fourth-order valence-electron chi connectivity index (χ4n) is 5.72. The Bertz CT molecular complexity index is 1420. The highest BCUT2D eigenvalue weighted by molar-refractivity contribution is 6.07. The summed E-state index contributed by atoms with van der Waals surface area (Å²) in [5, 5.41) is 6.02. The minimum atomic E-state index is -0.271. The summed E-state index contributed by atoms with van der Waals surface area (Å²) in [6.07, 6.45) is 2.22. The Balaban J connectivity index is 1.30. The van der Waals surface area contributed by atoms with E-state index in [1.165, 1.54) is 11.3 Å². The third-order valence-electron chi connectivity index (χ3n) is 7.93. The van der Waals surface area contributed by atoms with Crippen LogP contribution in [-0.2, 0) is 4.79 Å². The van der Waals surface area contributed by atoms with Gasteiger partial charge >= 0.3 is 0 Å². The molecule has 216 valence electrons. The molecule has 1 aromatic heterocycles. The minimum Gasteiger partial charge on any atom is -0.466 e. The van der Waals surface area contributed by atoms with Gasteiger partial charge in [-0.1, -0.05) is 18.2 Å². The average Bonchev–Trinajstić information content (AvgIpc) is 3.54. The second kappa shape index (κ2) is 12.5. The van der Waals surface area contributed by atoms with Crippen LogP contribution in [0.4, 0.5) is 17.1 Å². The van der Waals surface area contributed by atoms with Gasteiger partial charge in [-0.3, -0.25) is 14.4 Å². The Kier molecular flexibility index (Phi) is 8.61. The summed E-state index contributed by atoms with van der Waals surface area (Å²) < 4.78 is 5.58. The number of hydrogen-bond donors (Lipinski definition) is 2. The average molecular weight is 558 g/mol. The number of likely N-dealkylation sites (tertiary alicyclic amines) is 1. The van der Waals surface area contributed by atoms with Gasteiger partial charge in [0.05, 0.1) is 16.9 Å². The summed E-state index contributed by atoms with van der Waals surface area (Å²) in [5.41, 5.74) is 4.91. The number of piperazine rings is 1. The number of carbonyl (C=O) groups excluding carboxylic acids is 3. The molecule has 2 saturated heterocycles. The molecule has 3 aromatic rings. The van der Waals surface area contributed by atoms with E-state index < -0.39 is 0 Å². The molecule has 0 radical (unpaired) electrons. The zero-order valence-electron chi connectivity index (χ0n) is 24.2. The number of hydrogen-bond acceptors (Lipinski definition) is 6. The molecule has 5 rings (SSSR count). The van der Waals surface area contributed by atoms with Gasteiger partial charge in [0.15, 0.2) is 0 Å². The molecule has 0 unspecified atom stereocenters. The summed E-state index contributed by atoms with van der Waals surface area (Å²) in [5.74, 6) is 0.935. The molecule has 2 fully saturated rings. The van der Waals surface area contributed by atoms with Crippen molar-refractivity contribution in [1.82, 2.24) is 10.2 Å². The Labute approximate surface area is 241 Å². The fraction of sp³-hybridized carbons (Fsp3) is 0.406. The SMILES string of the molecule is Cc1cc(C(=O)Nc2cc(C(=O)NCCCN3CCCC3=O)ccc2N2CCN(c3ccccc3C)CC2)c(C)o1. The number of nitrogens with one attached hydrogen (secondary N) is 2. The summed E-state index contributed by atoms with van der Waals surface area (Å²) in [6, 6.07) is 15.6. The lowest BCUT2D eigenvalue weighted by Crippen LogP contribution is -2.47. The van der Waals surface area contributed by atoms with Crippen LogP contribution >= 0.6 is 0 Å². The van der Waals surface area contributed by atoms with Gasteiger partial charge in [-0.05, 0) is 69.5 Å². The Morgan fingerprint density at radius 1 is 0.878 bits per heavy atom. The molecule has 2 N–H and O–H groups in total. The van der Waals surface area contributed by atoms with E-state index in [2.05, 4.69) is 51.6 Å². The van der Waals surface area contributed by atoms with Gasteiger partial charge in [0.2, 0.25) is 5.91 Å². The first-order valence-corrected chi connectivity index (χ1v) is 14.4. The van der Waals surface area contributed by atoms with Crippen LogP contribution in [0.5, 0.6) is 0 Å². The highest BCUT2D eigenvalue weighted by atomic mass is 16.3. The van der Waals surface area contributed by atoms with Crippen LogP contribution in [0.25, 0.3) is 0 Å². The van der Waals surface area contributed by atoms with Crippen LogP contribution in [0.3, 0.4) is 0 Å². The normalized spacial score (nSPS) is 15.4. The number of para-hydroxylation sites is 1. The smallest absolute Gasteiger partial charge is 0.259 e. The lowest BCUT2D eigenvalue weighted by molar-refractivity contribution is -0.127. The van der Waals surface area contributed by atoms with Gasteiger partial charge in [-0.2, -0.15) is 0 Å². The molecule has 9 heteroatoms. The highest BCUT2D eigenvalue weighted by Gasteiger charge is 2.24. The number of rotatable bonds is 9. The minimum absolute atomic E-state index is 0.190. The van der Waals surface area contributed by atoms with Crippen molar-refractivity contribution in [2.75, 3.05) is 60.9 Å². The molecule has 0 atom stereocenters. The molecule has 0 aliphatic carbocycles. The van der Waals surface area contributed by atoms with E-state index >= 15 is 0 Å². The number of aryl methyl sites for hydroxylation is 3. The fourth-order valence-corrected chi connectivity index (χ4v) is 5.72. The van der Waals surface area contributed by atoms with Crippen molar-refractivity contribution in [3.8, 4) is 0 Å². The summed E-state index contributed by atoms with van der Waals surface area (Å²) in [4.78, 5) is 44.7. The molecule has 3 amide bonds. The standard InChI is InChI=1S/C32H39N5O4/c1-22-8-4-5-9-28(22)35-16-18-36(19-17-35)29-12-11-25(31(39)33-13-7-15-37-14-6-10-30(37)38)21-27(29)34-32(40)26-20-23(2)41-24(26)3/h4-5,8-9,11-12,20-21H,6-7,10,13-19H2,1-3H3,(H,33,39)(H,34,40). The third kappa shape index (κ3) is 6.56. The van der Waals surface area contributed by atoms with Gasteiger partial charge < -0.3 is 29.8 Å². The first-order chi connectivity index (χ1) is 19.8. The van der Waals surface area contributed by atoms with Crippen molar-refractivity contribution in [3.63, 3.8) is 0 Å². The zero-order chi connectivity index (χ0) is 28.9. The van der Waals surface area contributed by atoms with Crippen molar-refractivity contribution >= 4 is 34.8 Å². The van der Waals surface area contributed by atoms with E-state index in [1.54, 1.807) is 19.1 Å². The Morgan fingerprint density at radius 3 is 2.27 bits per heavy atom. The summed E-state index contributed by atoms with van der Waals surface area (Å²) in [7, 11) is 0. The Morgan fingerprint density at radius 2 is 1.61 bits per heavy atom. The van der Waals surface area contributed by atoms with Crippen molar-refractivity contribution in [3.05, 3.63) is 76.7 Å². The molecule has 3 heterocycles. The molecule has 9 nitrogen and oxygen atoms in total. The molecule has 41 heavy (non-hydrogen) atoms. The van der Waals surface area contributed by atoms with Crippen LogP contribution in [-0.4, -0.2) is 68.4 Å². The first kappa shape index (κ1) is 28.3. The van der Waals surface area contributed by atoms with E-state index in [4.69, 9.17) is 4.42 Å². The number of carbonyl (C=O) groups is 3. The van der Waals surface area contributed by atoms with Gasteiger partial charge in [0.1, 0.15) is 11.5 Å². The van der Waals surface area contributed by atoms with Gasteiger partial charge in [0.25, 0.3) is 11.8 Å². The van der Waals surface area contributed by atoms with E-state index in [0.717, 1.165) is 44.8 Å². The van der Waals surface area contributed by atoms with Gasteiger partial charge in [-0.15, -0.1) is 0 Å². The number of nitrogens with zero attached hydrogens (tertiary/aromatic N) is 3. The molecule has 2 aliphatic rings. The summed E-state index contributed by atoms with van der Waals surface area (Å²) in [6.45, 7) is 10.9. The molecule has 0 spiro atoms. The predicted octanol–water partition coefficient (Wildman–Crippen LogP) is 4.53. The second-order valence-electron chi connectivity index (χ2n) is 10.9. The molecule has 0 bridgehead atoms. The summed E-state index contributed by atoms with van der Waals surface area (Å²) >= 11 is 0. The van der Waals surface area contributed by atoms with E-state index in [9.17, 15) is 14.4 Å². The number of benzene rings is 2. The van der Waals surface area contributed by atoms with E-state index in [-0.39, 0.29) is 17.7 Å². The zero-order valence-corrected chi connectivity index (χ0v) is 24.2. The van der Waals surface area contributed by atoms with Crippen molar-refractivity contribution < 1.29 is 18.8 Å². The van der Waals surface area contributed by atoms with Crippen molar-refractivity contribution in [1.29, 1.82) is 0 Å². The maximum atomic E-state index is 13.3. The topological polar surface area (TPSA) is 98.1 Å². The first-order valence-electron chi connectivity index (χ1n) is 14.4. The van der Waals surface area contributed by atoms with Crippen molar-refractivity contribution in [2.45, 2.75) is 40.0 Å². The van der Waals surface area contributed by atoms with Gasteiger partial charge in [-0.25, -0.2) is 0 Å². The van der Waals surface area contributed by atoms with E-state index in [0.29, 0.717) is 54.3 Å². The molecule has 2 aromatic carbocycles. The van der Waals surface area contributed by atoms with Crippen LogP contribution in [0.2, 0.25) is 0 Å². The van der Waals surface area contributed by atoms with Crippen LogP contribution in [0.15, 0.2) is 52.9 Å². The Hall–Kier alpha value is -4.27. The maximum absolute atomic E-state index is 13.3. The lowest BCUT2D eigenvalue weighted by atomic mass is 10.1. The lowest BCUT2D eigenvalue weighted by Gasteiger charge is -2.38. The quantitative estimate of drug-likeness (QED) is 0.376.